The van der Waals surface area contributed by atoms with Crippen LogP contribution in [0.4, 0.5) is 21.2 Å². The number of amides is 2. The topological polar surface area (TPSA) is 223 Å². The number of ether oxygens (including phenoxy) is 2. The van der Waals surface area contributed by atoms with Crippen LogP contribution in [0.15, 0.2) is 79.0 Å². The van der Waals surface area contributed by atoms with Crippen molar-refractivity contribution in [2.45, 2.75) is 79.1 Å². The summed E-state index contributed by atoms with van der Waals surface area (Å²) in [5.41, 5.74) is 8.31. The molecule has 3 N–H and O–H groups in total. The zero-order valence-electron chi connectivity index (χ0n) is 33.2. The summed E-state index contributed by atoms with van der Waals surface area (Å²) in [6.07, 6.45) is 2.89. The van der Waals surface area contributed by atoms with Gasteiger partial charge in [0.25, 0.3) is 11.8 Å². The molecule has 58 heavy (non-hydrogen) atoms. The first-order valence-corrected chi connectivity index (χ1v) is 19.6. The summed E-state index contributed by atoms with van der Waals surface area (Å²) in [7, 11) is 1.90. The summed E-state index contributed by atoms with van der Waals surface area (Å²) in [5, 5.41) is 19.4. The monoisotopic (exact) mass is 919 g/mol. The molecule has 17 nitrogen and oxygen atoms in total. The Labute approximate surface area is 351 Å². The van der Waals surface area contributed by atoms with Crippen LogP contribution in [0.3, 0.4) is 0 Å². The highest BCUT2D eigenvalue weighted by atomic mass is 79.9. The molecule has 0 fully saturated rings. The van der Waals surface area contributed by atoms with E-state index in [1.54, 1.807) is 41.5 Å². The number of carbonyl (C=O) groups excluding carboxylic acids is 2. The molecule has 0 aliphatic heterocycles. The van der Waals surface area contributed by atoms with Crippen LogP contribution in [-0.2, 0) is 22.4 Å². The average Bonchev–Trinajstić information content (AvgIpc) is 3.85. The van der Waals surface area contributed by atoms with Crippen molar-refractivity contribution >= 4 is 55.7 Å². The van der Waals surface area contributed by atoms with E-state index in [4.69, 9.17) is 24.0 Å². The molecule has 2 aromatic carbocycles. The maximum atomic E-state index is 13.1. The summed E-state index contributed by atoms with van der Waals surface area (Å²) < 4.78 is 23.3. The number of carbonyl (C=O) groups is 2. The Bertz CT molecular complexity index is 2310. The van der Waals surface area contributed by atoms with Crippen LogP contribution in [0.2, 0.25) is 0 Å². The average molecular weight is 922 g/mol. The van der Waals surface area contributed by atoms with Crippen LogP contribution in [0.1, 0.15) is 66.0 Å². The van der Waals surface area contributed by atoms with Gasteiger partial charge in [-0.3, -0.25) is 0 Å². The Kier molecular flexibility index (Phi) is 14.0. The third kappa shape index (κ3) is 11.7. The first-order chi connectivity index (χ1) is 27.4. The third-order valence-electron chi connectivity index (χ3n) is 7.44. The van der Waals surface area contributed by atoms with Crippen LogP contribution in [0.5, 0.6) is 0 Å². The number of hydrogen-bond acceptors (Lipinski definition) is 16. The summed E-state index contributed by atoms with van der Waals surface area (Å²) in [6, 6.07) is 15.7. The molecule has 6 aromatic rings. The number of hydrogen-bond donors (Lipinski definition) is 2. The van der Waals surface area contributed by atoms with Crippen molar-refractivity contribution in [3.05, 3.63) is 81.3 Å². The minimum absolute atomic E-state index is 0.00227. The highest BCUT2D eigenvalue weighted by molar-refractivity contribution is 9.10. The van der Waals surface area contributed by atoms with Gasteiger partial charge in [-0.15, -0.1) is 20.4 Å². The maximum absolute atomic E-state index is 13.1. The molecule has 2 amide bonds. The summed E-state index contributed by atoms with van der Waals surface area (Å²) >= 11 is 6.52. The normalized spacial score (nSPS) is 11.4. The third-order valence-corrected chi connectivity index (χ3v) is 8.20. The van der Waals surface area contributed by atoms with Crippen LogP contribution in [0.25, 0.3) is 46.1 Å². The molecule has 4 heterocycles. The van der Waals surface area contributed by atoms with Gasteiger partial charge in [0.2, 0.25) is 11.8 Å². The number of aromatic nitrogens is 8. The molecule has 6 rings (SSSR count). The van der Waals surface area contributed by atoms with E-state index in [0.717, 1.165) is 24.9 Å². The molecular formula is C39H43Br2N11O6. The van der Waals surface area contributed by atoms with Crippen LogP contribution in [-0.4, -0.2) is 70.8 Å². The molecule has 0 unspecified atom stereocenters. The van der Waals surface area contributed by atoms with Gasteiger partial charge < -0.3 is 29.4 Å². The lowest BCUT2D eigenvalue weighted by atomic mass is 10.1. The predicted molar refractivity (Wildman–Crippen MR) is 223 cm³/mol. The number of halogens is 2. The van der Waals surface area contributed by atoms with Crippen molar-refractivity contribution in [2.75, 3.05) is 17.7 Å². The van der Waals surface area contributed by atoms with Gasteiger partial charge in [-0.25, -0.2) is 29.5 Å². The van der Waals surface area contributed by atoms with Gasteiger partial charge in [0.1, 0.15) is 20.4 Å². The molecule has 0 aliphatic carbocycles. The number of benzene rings is 2. The molecule has 0 saturated carbocycles. The van der Waals surface area contributed by atoms with E-state index < -0.39 is 23.4 Å². The fourth-order valence-corrected chi connectivity index (χ4v) is 5.57. The molecule has 0 bridgehead atoms. The second-order valence-corrected chi connectivity index (χ2v) is 16.2. The number of rotatable bonds is 9. The summed E-state index contributed by atoms with van der Waals surface area (Å²) in [6.45, 7) is 13.0. The van der Waals surface area contributed by atoms with E-state index >= 15 is 0 Å². The van der Waals surface area contributed by atoms with Crippen LogP contribution < -0.4 is 16.0 Å². The minimum atomic E-state index is -0.985. The molecule has 0 atom stereocenters. The summed E-state index contributed by atoms with van der Waals surface area (Å²) in [5.74, 6) is 0.927. The van der Waals surface area contributed by atoms with Crippen molar-refractivity contribution < 1.29 is 27.9 Å². The van der Waals surface area contributed by atoms with Crippen LogP contribution >= 0.6 is 31.9 Å². The van der Waals surface area contributed by atoms with Gasteiger partial charge in [0.05, 0.1) is 12.4 Å². The molecule has 19 heteroatoms. The van der Waals surface area contributed by atoms with Crippen molar-refractivity contribution in [2.24, 2.45) is 0 Å². The second-order valence-electron chi connectivity index (χ2n) is 14.6. The number of anilines is 2. The smallest absolute Gasteiger partial charge is 0.425 e. The van der Waals surface area contributed by atoms with Crippen molar-refractivity contribution in [1.82, 2.24) is 45.6 Å². The molecule has 0 spiro atoms. The number of nitrogens with zero attached hydrogens (tertiary/aromatic N) is 9. The summed E-state index contributed by atoms with van der Waals surface area (Å²) in [4.78, 5) is 43.8. The molecular weight excluding hydrogens is 878 g/mol. The van der Waals surface area contributed by atoms with Crippen molar-refractivity contribution in [3.63, 3.8) is 0 Å². The lowest BCUT2D eigenvalue weighted by molar-refractivity contribution is 0.0429. The Hall–Kier alpha value is -5.66. The Balaban J connectivity index is 0.000000247. The molecule has 4 aromatic heterocycles. The Morgan fingerprint density at radius 1 is 0.707 bits per heavy atom. The zero-order chi connectivity index (χ0) is 42.2. The zero-order valence-corrected chi connectivity index (χ0v) is 36.4. The number of nitrogens with two attached hydrogens (primary N) is 1. The van der Waals surface area contributed by atoms with Crippen molar-refractivity contribution in [1.29, 1.82) is 0 Å². The van der Waals surface area contributed by atoms with E-state index in [0.29, 0.717) is 31.3 Å². The molecule has 0 aliphatic rings. The van der Waals surface area contributed by atoms with E-state index in [1.165, 1.54) is 23.5 Å². The molecule has 0 radical (unpaired) electrons. The highest BCUT2D eigenvalue weighted by Gasteiger charge is 2.37. The van der Waals surface area contributed by atoms with Gasteiger partial charge in [-0.2, -0.15) is 4.90 Å². The van der Waals surface area contributed by atoms with Gasteiger partial charge in [-0.1, -0.05) is 37.6 Å². The second kappa shape index (κ2) is 18.7. The van der Waals surface area contributed by atoms with Crippen LogP contribution in [0, 0.1) is 0 Å². The fourth-order valence-electron chi connectivity index (χ4n) is 5.01. The van der Waals surface area contributed by atoms with Gasteiger partial charge in [0, 0.05) is 17.7 Å². The Morgan fingerprint density at radius 2 is 1.16 bits per heavy atom. The standard InChI is InChI=1S/C25H30BrN5O5.C14H13BrN6O/c1-8-9-15-10-12-16(13-11-15)20-29-30-21(34-20)18-19(27-14-17(26)28-18)31(22(32)35-24(2,3)4)23(33)36-25(5,6)7;1-17-6-8-2-4-9(5-3-8)13-20-21-14(22-13)11-12(16)18-7-10(15)19-11/h10-14H,8-9H2,1-7H3;2-5,7,17H,6H2,1H3,(H2,16,18). The fraction of sp³-hybridized carbons (Fsp3) is 0.333. The molecule has 0 saturated heterocycles. The quantitative estimate of drug-likeness (QED) is 0.138. The SMILES string of the molecule is CCCc1ccc(-c2nnc(-c3nc(Br)cnc3N(C(=O)OC(C)(C)C)C(=O)OC(C)(C)C)o2)cc1.CNCc1ccc(-c2nnc(-c3nc(Br)cnc3N)o2)cc1. The van der Waals surface area contributed by atoms with Crippen molar-refractivity contribution in [3.8, 4) is 46.1 Å². The van der Waals surface area contributed by atoms with Gasteiger partial charge in [-0.05, 0) is 122 Å². The molecule has 304 valence electrons. The van der Waals surface area contributed by atoms with E-state index in [1.807, 2.05) is 55.6 Å². The van der Waals surface area contributed by atoms with E-state index in [9.17, 15) is 9.59 Å². The predicted octanol–water partition coefficient (Wildman–Crippen LogP) is 8.84. The lowest BCUT2D eigenvalue weighted by Crippen LogP contribution is -2.44. The maximum Gasteiger partial charge on any atom is 0.425 e. The van der Waals surface area contributed by atoms with E-state index in [-0.39, 0.29) is 35.0 Å². The van der Waals surface area contributed by atoms with Gasteiger partial charge in [0.15, 0.2) is 23.0 Å². The largest absolute Gasteiger partial charge is 0.443 e. The number of imide groups is 1. The number of nitrogens with one attached hydrogen (secondary N) is 1. The lowest BCUT2D eigenvalue weighted by Gasteiger charge is -2.28. The van der Waals surface area contributed by atoms with E-state index in [2.05, 4.69) is 84.4 Å². The first-order valence-electron chi connectivity index (χ1n) is 18.0. The Morgan fingerprint density at radius 3 is 1.64 bits per heavy atom. The minimum Gasteiger partial charge on any atom is -0.443 e. The van der Waals surface area contributed by atoms with Gasteiger partial charge >= 0.3 is 12.2 Å². The number of aryl methyl sites for hydroxylation is 1. The highest BCUT2D eigenvalue weighted by Crippen LogP contribution is 2.32. The number of nitrogen functional groups attached to an aromatic ring is 1. The first kappa shape index (κ1) is 43.5.